The van der Waals surface area contributed by atoms with Crippen molar-refractivity contribution in [1.82, 2.24) is 5.32 Å². The van der Waals surface area contributed by atoms with E-state index in [1.807, 2.05) is 0 Å². The van der Waals surface area contributed by atoms with Crippen LogP contribution in [0.15, 0.2) is 67.3 Å². The number of hydrogen-bond acceptors (Lipinski definition) is 4. The van der Waals surface area contributed by atoms with Crippen molar-refractivity contribution < 1.29 is 13.9 Å². The van der Waals surface area contributed by atoms with E-state index in [9.17, 15) is 0 Å². The van der Waals surface area contributed by atoms with E-state index in [-0.39, 0.29) is 23.8 Å². The van der Waals surface area contributed by atoms with Gasteiger partial charge in [-0.1, -0.05) is 90.1 Å². The first-order valence-corrected chi connectivity index (χ1v) is 17.6. The molecular formula is C35H53NO3Si. The largest absolute Gasteiger partial charge is 0.497 e. The summed E-state index contributed by atoms with van der Waals surface area (Å²) in [6.45, 7) is 19.2. The molecule has 4 rings (SSSR count). The van der Waals surface area contributed by atoms with Crippen LogP contribution in [0.4, 0.5) is 0 Å². The minimum Gasteiger partial charge on any atom is -0.497 e. The highest BCUT2D eigenvalue weighted by Gasteiger charge is 2.55. The maximum absolute atomic E-state index is 7.57. The summed E-state index contributed by atoms with van der Waals surface area (Å²) in [6.07, 6.45) is 7.53. The van der Waals surface area contributed by atoms with Crippen molar-refractivity contribution in [2.24, 2.45) is 5.92 Å². The molecule has 0 radical (unpaired) electrons. The van der Waals surface area contributed by atoms with Crippen LogP contribution in [-0.2, 0) is 22.2 Å². The summed E-state index contributed by atoms with van der Waals surface area (Å²) in [5.41, 5.74) is 4.26. The maximum atomic E-state index is 7.57. The first-order valence-electron chi connectivity index (χ1n) is 15.5. The molecule has 1 aliphatic heterocycles. The van der Waals surface area contributed by atoms with Gasteiger partial charge in [0.1, 0.15) is 5.75 Å². The lowest BCUT2D eigenvalue weighted by Crippen LogP contribution is -2.68. The Hall–Kier alpha value is -1.92. The van der Waals surface area contributed by atoms with Gasteiger partial charge >= 0.3 is 0 Å². The number of rotatable bonds is 13. The van der Waals surface area contributed by atoms with Gasteiger partial charge in [0.25, 0.3) is 0 Å². The number of hydrogen-bond donors (Lipinski definition) is 1. The van der Waals surface area contributed by atoms with Gasteiger partial charge < -0.3 is 19.2 Å². The summed E-state index contributed by atoms with van der Waals surface area (Å²) in [4.78, 5) is 0. The van der Waals surface area contributed by atoms with Crippen molar-refractivity contribution in [3.8, 4) is 5.75 Å². The first-order chi connectivity index (χ1) is 19.1. The van der Waals surface area contributed by atoms with Gasteiger partial charge in [-0.3, -0.25) is 0 Å². The van der Waals surface area contributed by atoms with Crippen molar-refractivity contribution >= 4 is 8.32 Å². The van der Waals surface area contributed by atoms with Crippen LogP contribution in [0.3, 0.4) is 0 Å². The molecule has 40 heavy (non-hydrogen) atoms. The highest BCUT2D eigenvalue weighted by Crippen LogP contribution is 2.50. The molecule has 2 bridgehead atoms. The summed E-state index contributed by atoms with van der Waals surface area (Å²) >= 11 is 0. The highest BCUT2D eigenvalue weighted by atomic mass is 28.4. The van der Waals surface area contributed by atoms with Crippen LogP contribution in [0.2, 0.25) is 16.6 Å². The van der Waals surface area contributed by atoms with E-state index < -0.39 is 8.32 Å². The first kappa shape index (κ1) is 31.0. The Kier molecular flexibility index (Phi) is 10.4. The van der Waals surface area contributed by atoms with Crippen molar-refractivity contribution in [3.63, 3.8) is 0 Å². The molecule has 1 unspecified atom stereocenters. The summed E-state index contributed by atoms with van der Waals surface area (Å²) in [7, 11) is -0.324. The van der Waals surface area contributed by atoms with E-state index in [1.165, 1.54) is 11.1 Å². The summed E-state index contributed by atoms with van der Waals surface area (Å²) < 4.78 is 20.0. The van der Waals surface area contributed by atoms with Crippen LogP contribution < -0.4 is 10.1 Å². The molecule has 5 atom stereocenters. The maximum Gasteiger partial charge on any atom is 0.200 e. The quantitative estimate of drug-likeness (QED) is 0.196. The van der Waals surface area contributed by atoms with Gasteiger partial charge in [-0.15, -0.1) is 6.58 Å². The van der Waals surface area contributed by atoms with Gasteiger partial charge in [0, 0.05) is 17.5 Å². The van der Waals surface area contributed by atoms with E-state index >= 15 is 0 Å². The molecule has 4 nitrogen and oxygen atoms in total. The normalized spacial score (nSPS) is 26.9. The second-order valence-corrected chi connectivity index (χ2v) is 18.6. The van der Waals surface area contributed by atoms with Gasteiger partial charge in [-0.05, 0) is 72.0 Å². The van der Waals surface area contributed by atoms with Crippen LogP contribution >= 0.6 is 0 Å². The smallest absolute Gasteiger partial charge is 0.200 e. The standard InChI is InChI=1S/C35H53NO3Si/c1-9-20-35-21-19-33(39-40(25(2)3,26(4)5)27(6)7)31(23-35)34(38-24-29-13-11-10-12-14-29)32(36-35)22-28-15-17-30(37-8)18-16-28/h9-18,25-27,31-34,36H,1,19-24H2,2-8H3/t31-,32?,33-,34+,35+/m1/s1. The number of benzene rings is 2. The van der Waals surface area contributed by atoms with Gasteiger partial charge in [-0.25, -0.2) is 0 Å². The molecule has 220 valence electrons. The predicted octanol–water partition coefficient (Wildman–Crippen LogP) is 8.47. The molecule has 1 aliphatic carbocycles. The lowest BCUT2D eigenvalue weighted by Gasteiger charge is -2.57. The molecular weight excluding hydrogens is 510 g/mol. The lowest BCUT2D eigenvalue weighted by atomic mass is 9.65. The molecule has 0 spiro atoms. The topological polar surface area (TPSA) is 39.7 Å². The van der Waals surface area contributed by atoms with Crippen molar-refractivity contribution in [2.45, 2.75) is 121 Å². The Morgan fingerprint density at radius 3 is 2.17 bits per heavy atom. The van der Waals surface area contributed by atoms with Gasteiger partial charge in [0.2, 0.25) is 8.32 Å². The number of methoxy groups -OCH3 is 1. The summed E-state index contributed by atoms with van der Waals surface area (Å²) in [6, 6.07) is 19.3. The van der Waals surface area contributed by atoms with Crippen molar-refractivity contribution in [1.29, 1.82) is 0 Å². The molecule has 5 heteroatoms. The van der Waals surface area contributed by atoms with Crippen LogP contribution in [-0.4, -0.2) is 39.2 Å². The third-order valence-electron chi connectivity index (χ3n) is 9.82. The monoisotopic (exact) mass is 563 g/mol. The lowest BCUT2D eigenvalue weighted by molar-refractivity contribution is -0.121. The molecule has 1 heterocycles. The Balaban J connectivity index is 1.70. The summed E-state index contributed by atoms with van der Waals surface area (Å²) in [5.74, 6) is 1.23. The van der Waals surface area contributed by atoms with Crippen LogP contribution in [0, 0.1) is 5.92 Å². The molecule has 1 saturated heterocycles. The Bertz CT molecular complexity index is 1050. The Morgan fingerprint density at radius 1 is 0.950 bits per heavy atom. The van der Waals surface area contributed by atoms with Crippen LogP contribution in [0.5, 0.6) is 5.75 Å². The highest BCUT2D eigenvalue weighted by molar-refractivity contribution is 6.77. The van der Waals surface area contributed by atoms with Crippen molar-refractivity contribution in [3.05, 3.63) is 78.4 Å². The fraction of sp³-hybridized carbons (Fsp3) is 0.600. The molecule has 0 aromatic heterocycles. The SMILES string of the molecule is C=CC[C@]12CC[C@@H](O[Si](C(C)C)(C(C)C)C(C)C)[C@@H](C1)[C@H](OCc1ccccc1)C(Cc1ccc(OC)cc1)N2. The minimum absolute atomic E-state index is 0.0493. The van der Waals surface area contributed by atoms with Crippen molar-refractivity contribution in [2.75, 3.05) is 7.11 Å². The zero-order chi connectivity index (χ0) is 28.9. The third-order valence-corrected chi connectivity index (χ3v) is 15.9. The fourth-order valence-electron chi connectivity index (χ4n) is 8.08. The van der Waals surface area contributed by atoms with E-state index in [1.54, 1.807) is 7.11 Å². The second-order valence-electron chi connectivity index (χ2n) is 13.2. The predicted molar refractivity (Wildman–Crippen MR) is 169 cm³/mol. The van der Waals surface area contributed by atoms with E-state index in [0.717, 1.165) is 37.9 Å². The molecule has 1 N–H and O–H groups in total. The Labute approximate surface area is 245 Å². The number of fused-ring (bicyclic) bond motifs is 2. The third kappa shape index (κ3) is 6.59. The van der Waals surface area contributed by atoms with Gasteiger partial charge in [-0.2, -0.15) is 0 Å². The number of nitrogens with one attached hydrogen (secondary N) is 1. The Morgan fingerprint density at radius 2 is 1.60 bits per heavy atom. The van der Waals surface area contributed by atoms with Gasteiger partial charge in [0.15, 0.2) is 0 Å². The van der Waals surface area contributed by atoms with Crippen LogP contribution in [0.1, 0.15) is 78.4 Å². The van der Waals surface area contributed by atoms with E-state index in [2.05, 4.69) is 114 Å². The minimum atomic E-state index is -2.05. The van der Waals surface area contributed by atoms with Crippen LogP contribution in [0.25, 0.3) is 0 Å². The zero-order valence-electron chi connectivity index (χ0n) is 26.0. The average molecular weight is 564 g/mol. The molecule has 2 aromatic rings. The van der Waals surface area contributed by atoms with Gasteiger partial charge in [0.05, 0.1) is 25.9 Å². The van der Waals surface area contributed by atoms with E-state index in [4.69, 9.17) is 13.9 Å². The van der Waals surface area contributed by atoms with E-state index in [0.29, 0.717) is 29.1 Å². The summed E-state index contributed by atoms with van der Waals surface area (Å²) in [5, 5.41) is 4.14. The average Bonchev–Trinajstić information content (AvgIpc) is 2.93. The molecule has 2 aliphatic rings. The number of piperidine rings is 1. The molecule has 1 saturated carbocycles. The fourth-order valence-corrected chi connectivity index (χ4v) is 13.7. The molecule has 0 amide bonds. The number of ether oxygens (including phenoxy) is 2. The second kappa shape index (κ2) is 13.4. The molecule has 2 fully saturated rings. The molecule has 2 aromatic carbocycles. The zero-order valence-corrected chi connectivity index (χ0v) is 27.0.